The second-order valence-corrected chi connectivity index (χ2v) is 9.99. The predicted molar refractivity (Wildman–Crippen MR) is 109 cm³/mol. The Morgan fingerprint density at radius 2 is 2.04 bits per heavy atom. The Hall–Kier alpha value is -2.01. The molecule has 0 saturated carbocycles. The van der Waals surface area contributed by atoms with Gasteiger partial charge in [-0.15, -0.1) is 11.3 Å². The van der Waals surface area contributed by atoms with E-state index < -0.39 is 16.1 Å². The number of amides is 2. The van der Waals surface area contributed by atoms with Gasteiger partial charge < -0.3 is 10.6 Å². The number of carbonyl (C=O) groups excluding carboxylic acids is 2. The number of hydrogen-bond donors (Lipinski definition) is 2. The van der Waals surface area contributed by atoms with Crippen molar-refractivity contribution in [2.24, 2.45) is 5.73 Å². The van der Waals surface area contributed by atoms with Gasteiger partial charge in [-0.1, -0.05) is 18.2 Å². The van der Waals surface area contributed by atoms with Gasteiger partial charge in [0.05, 0.1) is 11.4 Å². The van der Waals surface area contributed by atoms with Crippen LogP contribution in [0, 0.1) is 0 Å². The van der Waals surface area contributed by atoms with Crippen molar-refractivity contribution in [2.45, 2.75) is 25.3 Å². The molecule has 3 rings (SSSR count). The van der Waals surface area contributed by atoms with Crippen LogP contribution < -0.4 is 10.5 Å². The molecular weight excluding hydrogens is 400 g/mol. The van der Waals surface area contributed by atoms with Crippen LogP contribution in [0.5, 0.6) is 0 Å². The lowest BCUT2D eigenvalue weighted by Gasteiger charge is -2.25. The van der Waals surface area contributed by atoms with E-state index in [9.17, 15) is 18.0 Å². The van der Waals surface area contributed by atoms with Gasteiger partial charge in [-0.3, -0.25) is 9.59 Å². The third-order valence-electron chi connectivity index (χ3n) is 4.95. The van der Waals surface area contributed by atoms with Crippen LogP contribution in [0.4, 0.5) is 0 Å². The molecule has 1 fully saturated rings. The molecule has 0 radical (unpaired) electrons. The Labute approximate surface area is 168 Å². The van der Waals surface area contributed by atoms with Gasteiger partial charge in [-0.25, -0.2) is 0 Å². The lowest BCUT2D eigenvalue weighted by Crippen LogP contribution is -2.45. The summed E-state index contributed by atoms with van der Waals surface area (Å²) < 4.78 is 28.0. The highest BCUT2D eigenvalue weighted by Crippen LogP contribution is 2.34. The molecular formula is C18H24N4O4S2. The summed E-state index contributed by atoms with van der Waals surface area (Å²) >= 11 is 1.37. The number of nitrogens with zero attached hydrogens (tertiary/aromatic N) is 2. The molecule has 1 aromatic heterocycles. The number of carbonyl (C=O) groups is 2. The van der Waals surface area contributed by atoms with Crippen LogP contribution in [-0.2, 0) is 21.4 Å². The van der Waals surface area contributed by atoms with Crippen molar-refractivity contribution in [2.75, 3.05) is 27.2 Å². The highest BCUT2D eigenvalue weighted by atomic mass is 32.2. The predicted octanol–water partition coefficient (Wildman–Crippen LogP) is 0.930. The quantitative estimate of drug-likeness (QED) is 0.688. The molecule has 152 valence electrons. The zero-order chi connectivity index (χ0) is 20.5. The summed E-state index contributed by atoms with van der Waals surface area (Å²) in [6.45, 7) is 0.283. The average molecular weight is 425 g/mol. The number of hydrogen-bond acceptors (Lipinski definition) is 5. The molecule has 1 atom stereocenters. The Kier molecular flexibility index (Phi) is 6.04. The summed E-state index contributed by atoms with van der Waals surface area (Å²) in [5.41, 5.74) is 6.45. The summed E-state index contributed by atoms with van der Waals surface area (Å²) in [5, 5.41) is 0.980. The van der Waals surface area contributed by atoms with Gasteiger partial charge >= 0.3 is 0 Å². The van der Waals surface area contributed by atoms with E-state index >= 15 is 0 Å². The smallest absolute Gasteiger partial charge is 0.279 e. The summed E-state index contributed by atoms with van der Waals surface area (Å²) in [7, 11) is -0.858. The first-order valence-corrected chi connectivity index (χ1v) is 11.2. The SMILES string of the molecule is CN(C)S(=O)(=O)NCC(=O)N1CCC[C@H]1Cc1c(C(N)=O)sc2ccccc12. The van der Waals surface area contributed by atoms with Crippen molar-refractivity contribution in [1.82, 2.24) is 13.9 Å². The van der Waals surface area contributed by atoms with Gasteiger partial charge in [0.15, 0.2) is 0 Å². The maximum absolute atomic E-state index is 12.6. The third kappa shape index (κ3) is 4.19. The standard InChI is InChI=1S/C18H24N4O4S2/c1-21(2)28(25,26)20-11-16(23)22-9-5-6-12(22)10-14-13-7-3-4-8-15(13)27-17(14)18(19)24/h3-4,7-8,12,20H,5-6,9-11H2,1-2H3,(H2,19,24)/t12-/m0/s1. The van der Waals surface area contributed by atoms with Gasteiger partial charge in [0, 0.05) is 31.4 Å². The number of primary amides is 1. The molecule has 28 heavy (non-hydrogen) atoms. The zero-order valence-electron chi connectivity index (χ0n) is 15.8. The highest BCUT2D eigenvalue weighted by Gasteiger charge is 2.31. The van der Waals surface area contributed by atoms with E-state index in [0.717, 1.165) is 32.8 Å². The largest absolute Gasteiger partial charge is 0.365 e. The molecule has 0 spiro atoms. The van der Waals surface area contributed by atoms with Gasteiger partial charge in [0.25, 0.3) is 16.1 Å². The minimum Gasteiger partial charge on any atom is -0.365 e. The lowest BCUT2D eigenvalue weighted by atomic mass is 10.0. The molecule has 0 unspecified atom stereocenters. The van der Waals surface area contributed by atoms with E-state index in [4.69, 9.17) is 5.73 Å². The highest BCUT2D eigenvalue weighted by molar-refractivity contribution is 7.87. The third-order valence-corrected chi connectivity index (χ3v) is 7.64. The fraction of sp³-hybridized carbons (Fsp3) is 0.444. The molecule has 3 N–H and O–H groups in total. The van der Waals surface area contributed by atoms with Gasteiger partial charge in [0.1, 0.15) is 0 Å². The van der Waals surface area contributed by atoms with E-state index in [1.807, 2.05) is 24.3 Å². The minimum atomic E-state index is -3.66. The van der Waals surface area contributed by atoms with Crippen LogP contribution in [0.1, 0.15) is 28.1 Å². The maximum atomic E-state index is 12.6. The van der Waals surface area contributed by atoms with Crippen LogP contribution >= 0.6 is 11.3 Å². The summed E-state index contributed by atoms with van der Waals surface area (Å²) in [6, 6.07) is 7.64. The van der Waals surface area contributed by atoms with Crippen molar-refractivity contribution in [3.63, 3.8) is 0 Å². The summed E-state index contributed by atoms with van der Waals surface area (Å²) in [6.07, 6.45) is 2.16. The monoisotopic (exact) mass is 424 g/mol. The van der Waals surface area contributed by atoms with Gasteiger partial charge in [-0.2, -0.15) is 17.4 Å². The van der Waals surface area contributed by atoms with Crippen LogP contribution in [0.25, 0.3) is 10.1 Å². The second-order valence-electron chi connectivity index (χ2n) is 6.97. The van der Waals surface area contributed by atoms with Gasteiger partial charge in [-0.05, 0) is 36.3 Å². The first-order chi connectivity index (χ1) is 13.2. The zero-order valence-corrected chi connectivity index (χ0v) is 17.5. The number of benzene rings is 1. The molecule has 1 saturated heterocycles. The van der Waals surface area contributed by atoms with Crippen LogP contribution in [0.2, 0.25) is 0 Å². The molecule has 1 aliphatic heterocycles. The molecule has 1 aromatic carbocycles. The van der Waals surface area contributed by atoms with E-state index in [2.05, 4.69) is 4.72 Å². The average Bonchev–Trinajstić information content (AvgIpc) is 3.25. The first kappa shape index (κ1) is 20.7. The molecule has 1 aliphatic rings. The molecule has 0 bridgehead atoms. The van der Waals surface area contributed by atoms with Crippen molar-refractivity contribution < 1.29 is 18.0 Å². The maximum Gasteiger partial charge on any atom is 0.279 e. The van der Waals surface area contributed by atoms with Crippen LogP contribution in [0.15, 0.2) is 24.3 Å². The minimum absolute atomic E-state index is 0.0903. The number of nitrogens with two attached hydrogens (primary N) is 1. The molecule has 8 nitrogen and oxygen atoms in total. The molecule has 2 amide bonds. The number of nitrogens with one attached hydrogen (secondary N) is 1. The van der Waals surface area contributed by atoms with Crippen LogP contribution in [-0.4, -0.2) is 62.7 Å². The topological polar surface area (TPSA) is 113 Å². The number of fused-ring (bicyclic) bond motifs is 1. The Bertz CT molecular complexity index is 1000. The molecule has 0 aliphatic carbocycles. The Balaban J connectivity index is 1.79. The summed E-state index contributed by atoms with van der Waals surface area (Å²) in [5.74, 6) is -0.737. The van der Waals surface area contributed by atoms with E-state index in [1.165, 1.54) is 25.4 Å². The van der Waals surface area contributed by atoms with E-state index in [1.54, 1.807) is 4.90 Å². The fourth-order valence-corrected chi connectivity index (χ4v) is 5.14. The van der Waals surface area contributed by atoms with Crippen molar-refractivity contribution in [3.8, 4) is 0 Å². The Morgan fingerprint density at radius 1 is 1.32 bits per heavy atom. The van der Waals surface area contributed by atoms with Gasteiger partial charge in [0.2, 0.25) is 5.91 Å². The number of rotatable bonds is 7. The van der Waals surface area contributed by atoms with E-state index in [-0.39, 0.29) is 18.5 Å². The fourth-order valence-electron chi connectivity index (χ4n) is 3.50. The number of likely N-dealkylation sites (tertiary alicyclic amines) is 1. The summed E-state index contributed by atoms with van der Waals surface area (Å²) in [4.78, 5) is 26.8. The van der Waals surface area contributed by atoms with Crippen molar-refractivity contribution in [1.29, 1.82) is 0 Å². The molecule has 2 aromatic rings. The lowest BCUT2D eigenvalue weighted by molar-refractivity contribution is -0.130. The second kappa shape index (κ2) is 8.16. The van der Waals surface area contributed by atoms with Crippen molar-refractivity contribution in [3.05, 3.63) is 34.7 Å². The number of thiophene rings is 1. The normalized spacial score (nSPS) is 17.5. The van der Waals surface area contributed by atoms with Crippen LogP contribution in [0.3, 0.4) is 0 Å². The first-order valence-electron chi connectivity index (χ1n) is 8.97. The Morgan fingerprint density at radius 3 is 2.71 bits per heavy atom. The van der Waals surface area contributed by atoms with Crippen molar-refractivity contribution >= 4 is 43.4 Å². The molecule has 2 heterocycles. The van der Waals surface area contributed by atoms with E-state index in [0.29, 0.717) is 17.8 Å². The molecule has 10 heteroatoms.